The van der Waals surface area contributed by atoms with Gasteiger partial charge in [0.25, 0.3) is 5.91 Å². The number of amides is 1. The Morgan fingerprint density at radius 3 is 2.41 bits per heavy atom. The first-order chi connectivity index (χ1) is 13.5. The van der Waals surface area contributed by atoms with Crippen molar-refractivity contribution in [2.24, 2.45) is 17.8 Å². The number of ether oxygens (including phenoxy) is 1. The van der Waals surface area contributed by atoms with E-state index in [1.807, 2.05) is 12.1 Å². The molecule has 0 aromatic heterocycles. The highest BCUT2D eigenvalue weighted by molar-refractivity contribution is 5.93. The van der Waals surface area contributed by atoms with E-state index in [2.05, 4.69) is 26.1 Å². The number of nitro groups is 1. The van der Waals surface area contributed by atoms with Gasteiger partial charge in [-0.05, 0) is 29.0 Å². The minimum absolute atomic E-state index is 0.000304. The topological polar surface area (TPSA) is 116 Å². The predicted molar refractivity (Wildman–Crippen MR) is 107 cm³/mol. The van der Waals surface area contributed by atoms with Gasteiger partial charge < -0.3 is 10.1 Å². The Labute approximate surface area is 170 Å². The second kappa shape index (κ2) is 9.15. The molecule has 1 N–H and O–H groups in total. The van der Waals surface area contributed by atoms with Gasteiger partial charge in [0.15, 0.2) is 6.61 Å². The number of anilines is 1. The van der Waals surface area contributed by atoms with Crippen molar-refractivity contribution in [3.63, 3.8) is 0 Å². The normalized spacial score (nSPS) is 21.7. The molecule has 0 spiro atoms. The van der Waals surface area contributed by atoms with Crippen LogP contribution in [-0.4, -0.2) is 35.7 Å². The Kier molecular flexibility index (Phi) is 7.11. The molecule has 1 aliphatic carbocycles. The third kappa shape index (κ3) is 6.37. The number of nitrogens with zero attached hydrogens (tertiary/aromatic N) is 1. The van der Waals surface area contributed by atoms with Gasteiger partial charge in [0, 0.05) is 28.9 Å². The van der Waals surface area contributed by atoms with Crippen molar-refractivity contribution in [2.45, 2.75) is 46.0 Å². The van der Waals surface area contributed by atoms with E-state index in [9.17, 15) is 24.5 Å². The maximum Gasteiger partial charge on any atom is 0.307 e. The second-order valence-corrected chi connectivity index (χ2v) is 8.67. The van der Waals surface area contributed by atoms with Crippen LogP contribution in [0.1, 0.15) is 46.1 Å². The Morgan fingerprint density at radius 2 is 1.86 bits per heavy atom. The quantitative estimate of drug-likeness (QED) is 0.424. The summed E-state index contributed by atoms with van der Waals surface area (Å²) in [5.41, 5.74) is 1.71. The number of ketones is 1. The minimum atomic E-state index is -0.726. The molecule has 1 aromatic carbocycles. The Bertz CT molecular complexity index is 781. The summed E-state index contributed by atoms with van der Waals surface area (Å²) >= 11 is 0. The smallest absolute Gasteiger partial charge is 0.307 e. The number of nitrogens with one attached hydrogen (secondary N) is 1. The van der Waals surface area contributed by atoms with E-state index in [0.717, 1.165) is 5.56 Å². The van der Waals surface area contributed by atoms with Crippen LogP contribution >= 0.6 is 0 Å². The average Bonchev–Trinajstić information content (AvgIpc) is 2.86. The van der Waals surface area contributed by atoms with Gasteiger partial charge in [-0.1, -0.05) is 39.8 Å². The number of rotatable bonds is 7. The molecule has 0 aliphatic heterocycles. The van der Waals surface area contributed by atoms with Gasteiger partial charge in [0.05, 0.1) is 6.42 Å². The molecule has 1 aliphatic rings. The van der Waals surface area contributed by atoms with E-state index in [-0.39, 0.29) is 36.5 Å². The molecule has 29 heavy (non-hydrogen) atoms. The van der Waals surface area contributed by atoms with Crippen LogP contribution in [0.25, 0.3) is 0 Å². The number of benzene rings is 1. The van der Waals surface area contributed by atoms with Gasteiger partial charge in [0.1, 0.15) is 5.78 Å². The first-order valence-corrected chi connectivity index (χ1v) is 9.68. The minimum Gasteiger partial charge on any atom is -0.456 e. The van der Waals surface area contributed by atoms with Crippen LogP contribution in [0.5, 0.6) is 0 Å². The van der Waals surface area contributed by atoms with Crippen LogP contribution in [0.15, 0.2) is 24.3 Å². The Hall–Kier alpha value is -2.77. The van der Waals surface area contributed by atoms with E-state index < -0.39 is 35.2 Å². The van der Waals surface area contributed by atoms with Crippen molar-refractivity contribution < 1.29 is 24.0 Å². The second-order valence-electron chi connectivity index (χ2n) is 8.67. The van der Waals surface area contributed by atoms with Crippen molar-refractivity contribution in [2.75, 3.05) is 18.5 Å². The summed E-state index contributed by atoms with van der Waals surface area (Å²) in [6.07, 6.45) is -0.0171. The maximum absolute atomic E-state index is 12.1. The fourth-order valence-electron chi connectivity index (χ4n) is 3.64. The number of hydrogen-bond acceptors (Lipinski definition) is 6. The van der Waals surface area contributed by atoms with Crippen LogP contribution < -0.4 is 5.32 Å². The molecule has 2 rings (SSSR count). The van der Waals surface area contributed by atoms with Crippen molar-refractivity contribution in [3.8, 4) is 0 Å². The lowest BCUT2D eigenvalue weighted by Gasteiger charge is -2.19. The Morgan fingerprint density at radius 1 is 1.24 bits per heavy atom. The fraction of sp³-hybridized carbons (Fsp3) is 0.571. The van der Waals surface area contributed by atoms with Gasteiger partial charge in [-0.2, -0.15) is 0 Å². The van der Waals surface area contributed by atoms with E-state index in [0.29, 0.717) is 5.69 Å². The third-order valence-corrected chi connectivity index (χ3v) is 5.33. The molecule has 0 bridgehead atoms. The van der Waals surface area contributed by atoms with Crippen LogP contribution in [-0.2, 0) is 24.5 Å². The molecule has 0 heterocycles. The molecule has 0 unspecified atom stereocenters. The van der Waals surface area contributed by atoms with E-state index in [4.69, 9.17) is 4.74 Å². The summed E-state index contributed by atoms with van der Waals surface area (Å²) in [5, 5.41) is 13.5. The molecule has 1 fully saturated rings. The number of carbonyl (C=O) groups excluding carboxylic acids is 3. The standard InChI is InChI=1S/C21H28N2O6/c1-13-9-18(24)16(17(13)11-23(27)28)10-20(26)29-12-19(25)22-15-7-5-14(6-8-15)21(2,3)4/h5-8,13,16-17H,9-12H2,1-4H3,(H,22,25)/t13-,16+,17+/m0/s1. The summed E-state index contributed by atoms with van der Waals surface area (Å²) in [5.74, 6) is -2.72. The molecule has 3 atom stereocenters. The molecular weight excluding hydrogens is 376 g/mol. The highest BCUT2D eigenvalue weighted by atomic mass is 16.6. The first kappa shape index (κ1) is 22.5. The van der Waals surface area contributed by atoms with Crippen LogP contribution in [0.3, 0.4) is 0 Å². The van der Waals surface area contributed by atoms with Crippen molar-refractivity contribution in [1.29, 1.82) is 0 Å². The number of hydrogen-bond donors (Lipinski definition) is 1. The molecule has 8 nitrogen and oxygen atoms in total. The van der Waals surface area contributed by atoms with Crippen LogP contribution in [0.2, 0.25) is 0 Å². The Balaban J connectivity index is 1.84. The van der Waals surface area contributed by atoms with E-state index >= 15 is 0 Å². The lowest BCUT2D eigenvalue weighted by molar-refractivity contribution is -0.490. The molecule has 0 saturated heterocycles. The van der Waals surface area contributed by atoms with Crippen molar-refractivity contribution >= 4 is 23.3 Å². The zero-order valence-electron chi connectivity index (χ0n) is 17.3. The van der Waals surface area contributed by atoms with E-state index in [1.165, 1.54) is 0 Å². The summed E-state index contributed by atoms with van der Waals surface area (Å²) in [4.78, 5) is 46.5. The summed E-state index contributed by atoms with van der Waals surface area (Å²) in [6.45, 7) is 7.21. The molecule has 158 valence electrons. The predicted octanol–water partition coefficient (Wildman–Crippen LogP) is 2.97. The first-order valence-electron chi connectivity index (χ1n) is 9.68. The zero-order chi connectivity index (χ0) is 21.8. The lowest BCUT2D eigenvalue weighted by Crippen LogP contribution is -2.28. The fourth-order valence-corrected chi connectivity index (χ4v) is 3.64. The van der Waals surface area contributed by atoms with Crippen molar-refractivity contribution in [1.82, 2.24) is 0 Å². The molecule has 1 amide bonds. The molecule has 8 heteroatoms. The summed E-state index contributed by atoms with van der Waals surface area (Å²) in [7, 11) is 0. The van der Waals surface area contributed by atoms with Gasteiger partial charge in [0.2, 0.25) is 6.54 Å². The van der Waals surface area contributed by atoms with Crippen molar-refractivity contribution in [3.05, 3.63) is 39.9 Å². The monoisotopic (exact) mass is 404 g/mol. The lowest BCUT2D eigenvalue weighted by atomic mass is 9.87. The summed E-state index contributed by atoms with van der Waals surface area (Å²) < 4.78 is 4.98. The maximum atomic E-state index is 12.1. The number of carbonyl (C=O) groups is 3. The highest BCUT2D eigenvalue weighted by Gasteiger charge is 2.44. The number of esters is 1. The SMILES string of the molecule is C[C@H]1CC(=O)[C@H](CC(=O)OCC(=O)Nc2ccc(C(C)(C)C)cc2)[C@@H]1C[N+](=O)[O-]. The average molecular weight is 404 g/mol. The van der Waals surface area contributed by atoms with Crippen LogP contribution in [0.4, 0.5) is 5.69 Å². The van der Waals surface area contributed by atoms with Gasteiger partial charge in [-0.3, -0.25) is 24.5 Å². The number of Topliss-reactive ketones (excluding diaryl/α,β-unsaturated/α-hetero) is 1. The van der Waals surface area contributed by atoms with Gasteiger partial charge in [-0.25, -0.2) is 0 Å². The molecule has 1 aromatic rings. The summed E-state index contributed by atoms with van der Waals surface area (Å²) in [6, 6.07) is 7.40. The molecule has 0 radical (unpaired) electrons. The largest absolute Gasteiger partial charge is 0.456 e. The zero-order valence-corrected chi connectivity index (χ0v) is 17.3. The highest BCUT2D eigenvalue weighted by Crippen LogP contribution is 2.36. The van der Waals surface area contributed by atoms with Gasteiger partial charge in [-0.15, -0.1) is 0 Å². The van der Waals surface area contributed by atoms with E-state index in [1.54, 1.807) is 19.1 Å². The van der Waals surface area contributed by atoms with Gasteiger partial charge >= 0.3 is 5.97 Å². The third-order valence-electron chi connectivity index (χ3n) is 5.33. The molecular formula is C21H28N2O6. The molecule has 1 saturated carbocycles. The van der Waals surface area contributed by atoms with Crippen LogP contribution in [0, 0.1) is 27.9 Å².